The van der Waals surface area contributed by atoms with E-state index in [1.807, 2.05) is 0 Å². The molecule has 1 heterocycles. The Morgan fingerprint density at radius 1 is 1.43 bits per heavy atom. The summed E-state index contributed by atoms with van der Waals surface area (Å²) in [6, 6.07) is 2.19. The van der Waals surface area contributed by atoms with Crippen LogP contribution in [0.2, 0.25) is 5.02 Å². The second-order valence-electron chi connectivity index (χ2n) is 4.33. The van der Waals surface area contributed by atoms with Crippen LogP contribution in [0.25, 0.3) is 0 Å². The highest BCUT2D eigenvalue weighted by Gasteiger charge is 2.23. The van der Waals surface area contributed by atoms with E-state index < -0.39 is 20.6 Å². The van der Waals surface area contributed by atoms with Gasteiger partial charge in [0.15, 0.2) is 0 Å². The molecule has 8 nitrogen and oxygen atoms in total. The van der Waals surface area contributed by atoms with Crippen molar-refractivity contribution in [2.75, 3.05) is 4.72 Å². The van der Waals surface area contributed by atoms with Gasteiger partial charge in [0.05, 0.1) is 21.7 Å². The zero-order chi connectivity index (χ0) is 15.8. The summed E-state index contributed by atoms with van der Waals surface area (Å²) in [7, 11) is -2.33. The molecule has 1 aromatic heterocycles. The van der Waals surface area contributed by atoms with Gasteiger partial charge in [-0.25, -0.2) is 8.42 Å². The predicted molar refractivity (Wildman–Crippen MR) is 76.9 cm³/mol. The molecule has 0 aliphatic heterocycles. The van der Waals surface area contributed by atoms with Gasteiger partial charge in [-0.2, -0.15) is 5.10 Å². The van der Waals surface area contributed by atoms with Crippen molar-refractivity contribution in [3.63, 3.8) is 0 Å². The molecule has 0 bridgehead atoms. The van der Waals surface area contributed by atoms with Gasteiger partial charge in [-0.05, 0) is 18.6 Å². The third-order valence-corrected chi connectivity index (χ3v) is 4.51. The Morgan fingerprint density at radius 2 is 2.10 bits per heavy atom. The van der Waals surface area contributed by atoms with Gasteiger partial charge in [0.25, 0.3) is 15.7 Å². The Kier molecular flexibility index (Phi) is 3.88. The normalized spacial score (nSPS) is 11.4. The monoisotopic (exact) mass is 330 g/mol. The molecule has 21 heavy (non-hydrogen) atoms. The largest absolute Gasteiger partial charge is 0.289 e. The number of nitrogens with one attached hydrogen (secondary N) is 1. The van der Waals surface area contributed by atoms with Crippen LogP contribution in [0.3, 0.4) is 0 Å². The molecule has 10 heteroatoms. The molecule has 112 valence electrons. The zero-order valence-electron chi connectivity index (χ0n) is 11.1. The van der Waals surface area contributed by atoms with Crippen molar-refractivity contribution in [2.45, 2.75) is 11.8 Å². The van der Waals surface area contributed by atoms with Crippen molar-refractivity contribution in [2.24, 2.45) is 7.05 Å². The average Bonchev–Trinajstić information content (AvgIpc) is 2.72. The van der Waals surface area contributed by atoms with Crippen LogP contribution < -0.4 is 4.72 Å². The quantitative estimate of drug-likeness (QED) is 0.682. The number of nitrogens with zero attached hydrogens (tertiary/aromatic N) is 3. The minimum absolute atomic E-state index is 0.113. The molecule has 1 N–H and O–H groups in total. The van der Waals surface area contributed by atoms with E-state index in [-0.39, 0.29) is 15.6 Å². The summed E-state index contributed by atoms with van der Waals surface area (Å²) in [5.41, 5.74) is 0.102. The number of aromatic nitrogens is 2. The minimum Gasteiger partial charge on any atom is -0.276 e. The van der Waals surface area contributed by atoms with Gasteiger partial charge in [-0.3, -0.25) is 19.5 Å². The molecule has 0 spiro atoms. The number of benzene rings is 1. The van der Waals surface area contributed by atoms with Crippen LogP contribution in [0.5, 0.6) is 0 Å². The van der Waals surface area contributed by atoms with E-state index in [2.05, 4.69) is 9.82 Å². The smallest absolute Gasteiger partial charge is 0.276 e. The third-order valence-electron chi connectivity index (χ3n) is 2.69. The van der Waals surface area contributed by atoms with Crippen molar-refractivity contribution in [1.29, 1.82) is 0 Å². The van der Waals surface area contributed by atoms with Gasteiger partial charge >= 0.3 is 0 Å². The van der Waals surface area contributed by atoms with E-state index >= 15 is 0 Å². The molecule has 2 aromatic rings. The molecule has 0 aliphatic rings. The van der Waals surface area contributed by atoms with Crippen LogP contribution in [0.15, 0.2) is 29.4 Å². The van der Waals surface area contributed by atoms with Crippen molar-refractivity contribution >= 4 is 33.0 Å². The number of rotatable bonds is 4. The summed E-state index contributed by atoms with van der Waals surface area (Å²) < 4.78 is 28.3. The van der Waals surface area contributed by atoms with Gasteiger partial charge in [-0.1, -0.05) is 11.6 Å². The van der Waals surface area contributed by atoms with E-state index in [0.717, 1.165) is 6.07 Å². The Balaban J connectivity index is 2.49. The Morgan fingerprint density at radius 3 is 2.62 bits per heavy atom. The zero-order valence-corrected chi connectivity index (χ0v) is 12.6. The number of halogens is 1. The maximum Gasteiger partial charge on any atom is 0.289 e. The third kappa shape index (κ3) is 3.14. The van der Waals surface area contributed by atoms with Gasteiger partial charge in [0.2, 0.25) is 0 Å². The van der Waals surface area contributed by atoms with Crippen LogP contribution in [-0.2, 0) is 17.1 Å². The fraction of sp³-hybridized carbons (Fsp3) is 0.182. The number of aryl methyl sites for hydroxylation is 2. The SMILES string of the molecule is Cc1cc(Cl)c([N+](=O)[O-])cc1S(=O)(=O)Nc1cnn(C)c1. The molecule has 0 amide bonds. The highest BCUT2D eigenvalue weighted by atomic mass is 35.5. The Labute approximate surface area is 125 Å². The fourth-order valence-corrected chi connectivity index (χ4v) is 3.32. The lowest BCUT2D eigenvalue weighted by Gasteiger charge is -2.09. The van der Waals surface area contributed by atoms with Crippen LogP contribution in [0.4, 0.5) is 11.4 Å². The first-order valence-electron chi connectivity index (χ1n) is 5.66. The number of nitro benzene ring substituents is 1. The number of nitro groups is 1. The minimum atomic E-state index is -3.97. The summed E-state index contributed by atoms with van der Waals surface area (Å²) in [6.07, 6.45) is 2.80. The number of hydrogen-bond acceptors (Lipinski definition) is 5. The van der Waals surface area contributed by atoms with Crippen LogP contribution in [0.1, 0.15) is 5.56 Å². The van der Waals surface area contributed by atoms with E-state index in [4.69, 9.17) is 11.6 Å². The number of hydrogen-bond donors (Lipinski definition) is 1. The van der Waals surface area contributed by atoms with E-state index in [1.54, 1.807) is 7.05 Å². The van der Waals surface area contributed by atoms with Crippen molar-refractivity contribution in [3.05, 3.63) is 45.2 Å². The van der Waals surface area contributed by atoms with Crippen LogP contribution in [-0.4, -0.2) is 23.1 Å². The molecule has 0 saturated heterocycles. The molecule has 0 unspecified atom stereocenters. The second-order valence-corrected chi connectivity index (χ2v) is 6.39. The predicted octanol–water partition coefficient (Wildman–Crippen LogP) is 2.09. The summed E-state index contributed by atoms with van der Waals surface area (Å²) in [4.78, 5) is 9.93. The molecule has 0 fully saturated rings. The standard InChI is InChI=1S/C11H11ClN4O4S/c1-7-3-9(12)10(16(17)18)4-11(7)21(19,20)14-8-5-13-15(2)6-8/h3-6,14H,1-2H3. The topological polar surface area (TPSA) is 107 Å². The number of sulfonamides is 1. The van der Waals surface area contributed by atoms with E-state index in [1.165, 1.54) is 30.1 Å². The first-order valence-corrected chi connectivity index (χ1v) is 7.53. The first-order chi connectivity index (χ1) is 9.70. The first kappa shape index (κ1) is 15.3. The van der Waals surface area contributed by atoms with Gasteiger partial charge in [0.1, 0.15) is 5.02 Å². The van der Waals surface area contributed by atoms with E-state index in [0.29, 0.717) is 5.56 Å². The lowest BCUT2D eigenvalue weighted by molar-refractivity contribution is -0.384. The second kappa shape index (κ2) is 5.34. The summed E-state index contributed by atoms with van der Waals surface area (Å²) in [6.45, 7) is 1.51. The lowest BCUT2D eigenvalue weighted by Crippen LogP contribution is -2.14. The van der Waals surface area contributed by atoms with Crippen molar-refractivity contribution in [1.82, 2.24) is 9.78 Å². The van der Waals surface area contributed by atoms with Crippen molar-refractivity contribution < 1.29 is 13.3 Å². The van der Waals surface area contributed by atoms with E-state index in [9.17, 15) is 18.5 Å². The lowest BCUT2D eigenvalue weighted by atomic mass is 10.2. The Hall–Kier alpha value is -2.13. The fourth-order valence-electron chi connectivity index (χ4n) is 1.76. The summed E-state index contributed by atoms with van der Waals surface area (Å²) in [5.74, 6) is 0. The molecule has 0 aliphatic carbocycles. The van der Waals surface area contributed by atoms with Crippen LogP contribution >= 0.6 is 11.6 Å². The maximum atomic E-state index is 12.3. The van der Waals surface area contributed by atoms with Gasteiger partial charge < -0.3 is 0 Å². The van der Waals surface area contributed by atoms with Gasteiger partial charge in [-0.15, -0.1) is 0 Å². The molecule has 2 rings (SSSR count). The molecule has 0 atom stereocenters. The van der Waals surface area contributed by atoms with Gasteiger partial charge in [0, 0.05) is 19.3 Å². The summed E-state index contributed by atoms with van der Waals surface area (Å²) >= 11 is 5.74. The highest BCUT2D eigenvalue weighted by molar-refractivity contribution is 7.92. The average molecular weight is 331 g/mol. The highest BCUT2D eigenvalue weighted by Crippen LogP contribution is 2.30. The van der Waals surface area contributed by atoms with Crippen molar-refractivity contribution in [3.8, 4) is 0 Å². The number of anilines is 1. The molecule has 1 aromatic carbocycles. The molecule has 0 radical (unpaired) electrons. The summed E-state index contributed by atoms with van der Waals surface area (Å²) in [5, 5.41) is 14.6. The molecular formula is C11H11ClN4O4S. The molecular weight excluding hydrogens is 320 g/mol. The van der Waals surface area contributed by atoms with Crippen LogP contribution in [0, 0.1) is 17.0 Å². The Bertz CT molecular complexity index is 816. The maximum absolute atomic E-state index is 12.3. The molecule has 0 saturated carbocycles.